The van der Waals surface area contributed by atoms with Crippen LogP contribution in [-0.2, 0) is 16.0 Å². The summed E-state index contributed by atoms with van der Waals surface area (Å²) in [5, 5.41) is 11.3. The number of carboxylic acids is 1. The van der Waals surface area contributed by atoms with Crippen LogP contribution in [0.2, 0.25) is 0 Å². The van der Waals surface area contributed by atoms with Crippen molar-refractivity contribution >= 4 is 11.9 Å². The van der Waals surface area contributed by atoms with E-state index < -0.39 is 28.9 Å². The summed E-state index contributed by atoms with van der Waals surface area (Å²) in [5.41, 5.74) is -1.14. The molecule has 1 rings (SSSR count). The van der Waals surface area contributed by atoms with Gasteiger partial charge in [0.25, 0.3) is 0 Å². The zero-order valence-electron chi connectivity index (χ0n) is 10.7. The number of carbonyl (C=O) groups is 2. The number of hydrogen-bond donors (Lipinski definition) is 2. The van der Waals surface area contributed by atoms with Gasteiger partial charge in [0.15, 0.2) is 0 Å². The van der Waals surface area contributed by atoms with Gasteiger partial charge in [-0.05, 0) is 38.0 Å². The number of nitrogens with one attached hydrogen (secondary N) is 1. The number of halogens is 2. The first-order chi connectivity index (χ1) is 8.73. The van der Waals surface area contributed by atoms with Gasteiger partial charge in [-0.3, -0.25) is 9.59 Å². The largest absolute Gasteiger partial charge is 0.480 e. The van der Waals surface area contributed by atoms with Crippen LogP contribution in [0.5, 0.6) is 0 Å². The molecule has 0 spiro atoms. The normalized spacial score (nSPS) is 11.2. The van der Waals surface area contributed by atoms with Gasteiger partial charge in [-0.1, -0.05) is 0 Å². The van der Waals surface area contributed by atoms with Crippen LogP contribution in [0.15, 0.2) is 18.2 Å². The fraction of sp³-hybridized carbons (Fsp3) is 0.385. The molecule has 1 aromatic carbocycles. The van der Waals surface area contributed by atoms with E-state index in [-0.39, 0.29) is 13.0 Å². The lowest BCUT2D eigenvalue weighted by Crippen LogP contribution is -2.43. The van der Waals surface area contributed by atoms with E-state index in [2.05, 4.69) is 5.32 Å². The number of amides is 1. The Hall–Kier alpha value is -1.98. The molecule has 0 unspecified atom stereocenters. The maximum atomic E-state index is 12.9. The van der Waals surface area contributed by atoms with Gasteiger partial charge in [-0.2, -0.15) is 0 Å². The minimum Gasteiger partial charge on any atom is -0.480 e. The second-order valence-electron chi connectivity index (χ2n) is 4.71. The first-order valence-electron chi connectivity index (χ1n) is 5.70. The van der Waals surface area contributed by atoms with Crippen molar-refractivity contribution < 1.29 is 23.5 Å². The van der Waals surface area contributed by atoms with Gasteiger partial charge in [0, 0.05) is 12.6 Å². The minimum atomic E-state index is -1.53. The van der Waals surface area contributed by atoms with E-state index in [0.717, 1.165) is 18.2 Å². The van der Waals surface area contributed by atoms with E-state index in [4.69, 9.17) is 5.11 Å². The highest BCUT2D eigenvalue weighted by Crippen LogP contribution is 2.15. The summed E-state index contributed by atoms with van der Waals surface area (Å²) in [6, 6.07) is 3.09. The Morgan fingerprint density at radius 2 is 1.74 bits per heavy atom. The summed E-state index contributed by atoms with van der Waals surface area (Å²) in [5.74, 6) is -3.25. The Morgan fingerprint density at radius 3 is 2.21 bits per heavy atom. The van der Waals surface area contributed by atoms with Crippen molar-refractivity contribution in [3.05, 3.63) is 35.4 Å². The van der Waals surface area contributed by atoms with Crippen molar-refractivity contribution in [2.45, 2.75) is 20.3 Å². The first-order valence-corrected chi connectivity index (χ1v) is 5.70. The van der Waals surface area contributed by atoms with Crippen LogP contribution in [-0.4, -0.2) is 23.5 Å². The number of hydrogen-bond acceptors (Lipinski definition) is 2. The van der Waals surface area contributed by atoms with E-state index in [9.17, 15) is 18.4 Å². The van der Waals surface area contributed by atoms with Crippen LogP contribution in [0, 0.1) is 17.0 Å². The average Bonchev–Trinajstić information content (AvgIpc) is 2.27. The average molecular weight is 271 g/mol. The molecular weight excluding hydrogens is 256 g/mol. The van der Waals surface area contributed by atoms with E-state index in [1.165, 1.54) is 13.8 Å². The van der Waals surface area contributed by atoms with E-state index in [0.29, 0.717) is 5.56 Å². The highest BCUT2D eigenvalue weighted by atomic mass is 19.1. The molecule has 0 heterocycles. The number of carboxylic acid groups (broad SMARTS) is 1. The third-order valence-electron chi connectivity index (χ3n) is 2.72. The van der Waals surface area contributed by atoms with Gasteiger partial charge in [-0.15, -0.1) is 0 Å². The molecule has 4 nitrogen and oxygen atoms in total. The smallest absolute Gasteiger partial charge is 0.318 e. The van der Waals surface area contributed by atoms with Crippen LogP contribution in [0.1, 0.15) is 19.4 Å². The maximum absolute atomic E-state index is 12.9. The van der Waals surface area contributed by atoms with E-state index in [1.807, 2.05) is 0 Å². The predicted octanol–water partition coefficient (Wildman–Crippen LogP) is 1.73. The van der Waals surface area contributed by atoms with Gasteiger partial charge in [-0.25, -0.2) is 8.78 Å². The first kappa shape index (κ1) is 15.1. The molecule has 0 aromatic heterocycles. The van der Waals surface area contributed by atoms with Crippen LogP contribution >= 0.6 is 0 Å². The number of rotatable bonds is 5. The summed E-state index contributed by atoms with van der Waals surface area (Å²) in [6.45, 7) is 2.68. The Morgan fingerprint density at radius 1 is 1.21 bits per heavy atom. The Balaban J connectivity index is 2.55. The molecule has 1 amide bonds. The Kier molecular flexibility index (Phi) is 4.58. The van der Waals surface area contributed by atoms with Gasteiger partial charge >= 0.3 is 5.97 Å². The van der Waals surface area contributed by atoms with Crippen molar-refractivity contribution in [3.8, 4) is 0 Å². The van der Waals surface area contributed by atoms with Crippen molar-refractivity contribution in [2.24, 2.45) is 5.41 Å². The van der Waals surface area contributed by atoms with Gasteiger partial charge in [0.05, 0.1) is 0 Å². The van der Waals surface area contributed by atoms with Crippen LogP contribution < -0.4 is 5.32 Å². The second kappa shape index (κ2) is 5.77. The van der Waals surface area contributed by atoms with Gasteiger partial charge in [0.2, 0.25) is 5.91 Å². The second-order valence-corrected chi connectivity index (χ2v) is 4.71. The zero-order valence-corrected chi connectivity index (χ0v) is 10.7. The van der Waals surface area contributed by atoms with Crippen LogP contribution in [0.3, 0.4) is 0 Å². The molecule has 0 saturated carbocycles. The fourth-order valence-corrected chi connectivity index (χ4v) is 1.39. The Bertz CT molecular complexity index is 480. The monoisotopic (exact) mass is 271 g/mol. The van der Waals surface area contributed by atoms with Gasteiger partial charge in [0.1, 0.15) is 17.0 Å². The predicted molar refractivity (Wildman–Crippen MR) is 64.5 cm³/mol. The van der Waals surface area contributed by atoms with Crippen LogP contribution in [0.4, 0.5) is 8.78 Å². The highest BCUT2D eigenvalue weighted by Gasteiger charge is 2.35. The lowest BCUT2D eigenvalue weighted by atomic mass is 9.92. The summed E-state index contributed by atoms with van der Waals surface area (Å²) >= 11 is 0. The molecule has 1 aromatic rings. The molecule has 0 aliphatic rings. The summed E-state index contributed by atoms with van der Waals surface area (Å²) in [4.78, 5) is 22.4. The lowest BCUT2D eigenvalue weighted by Gasteiger charge is -2.18. The van der Waals surface area contributed by atoms with Crippen molar-refractivity contribution in [1.29, 1.82) is 0 Å². The molecule has 0 radical (unpaired) electrons. The maximum Gasteiger partial charge on any atom is 0.318 e. The molecule has 6 heteroatoms. The highest BCUT2D eigenvalue weighted by molar-refractivity contribution is 6.00. The summed E-state index contributed by atoms with van der Waals surface area (Å²) < 4.78 is 25.8. The molecule has 0 aliphatic carbocycles. The third-order valence-corrected chi connectivity index (χ3v) is 2.72. The van der Waals surface area contributed by atoms with E-state index >= 15 is 0 Å². The quantitative estimate of drug-likeness (QED) is 0.801. The number of aliphatic carboxylic acids is 1. The molecule has 104 valence electrons. The Labute approximate surface area is 109 Å². The molecule has 19 heavy (non-hydrogen) atoms. The third kappa shape index (κ3) is 4.01. The molecule has 0 bridgehead atoms. The zero-order chi connectivity index (χ0) is 14.6. The molecule has 0 fully saturated rings. The fourth-order valence-electron chi connectivity index (χ4n) is 1.39. The van der Waals surface area contributed by atoms with Crippen molar-refractivity contribution in [1.82, 2.24) is 5.32 Å². The summed E-state index contributed by atoms with van der Waals surface area (Å²) in [7, 11) is 0. The molecule has 2 N–H and O–H groups in total. The topological polar surface area (TPSA) is 66.4 Å². The summed E-state index contributed by atoms with van der Waals surface area (Å²) in [6.07, 6.45) is 0.218. The molecule has 0 aliphatic heterocycles. The van der Waals surface area contributed by atoms with Crippen LogP contribution in [0.25, 0.3) is 0 Å². The number of carbonyl (C=O) groups excluding carboxylic acids is 1. The minimum absolute atomic E-state index is 0.110. The van der Waals surface area contributed by atoms with Gasteiger partial charge < -0.3 is 10.4 Å². The van der Waals surface area contributed by atoms with Crippen molar-refractivity contribution in [3.63, 3.8) is 0 Å². The van der Waals surface area contributed by atoms with Crippen molar-refractivity contribution in [2.75, 3.05) is 6.54 Å². The SMILES string of the molecule is CC(C)(C(=O)O)C(=O)NCCc1cc(F)cc(F)c1. The standard InChI is InChI=1S/C13H15F2NO3/c1-13(2,12(18)19)11(17)16-4-3-8-5-9(14)7-10(15)6-8/h5-7H,3-4H2,1-2H3,(H,16,17)(H,18,19). The molecular formula is C13H15F2NO3. The molecule has 0 saturated heterocycles. The lowest BCUT2D eigenvalue weighted by molar-refractivity contribution is -0.153. The van der Waals surface area contributed by atoms with E-state index in [1.54, 1.807) is 0 Å². The molecule has 0 atom stereocenters. The number of benzene rings is 1.